The molecule has 9 heteroatoms. The van der Waals surface area contributed by atoms with Gasteiger partial charge >= 0.3 is 0 Å². The van der Waals surface area contributed by atoms with Gasteiger partial charge in [-0.3, -0.25) is 4.79 Å². The van der Waals surface area contributed by atoms with Crippen LogP contribution >= 0.6 is 11.6 Å². The highest BCUT2D eigenvalue weighted by atomic mass is 35.5. The van der Waals surface area contributed by atoms with Crippen LogP contribution in [0, 0.1) is 5.82 Å². The summed E-state index contributed by atoms with van der Waals surface area (Å²) in [6.07, 6.45) is 0.0932. The van der Waals surface area contributed by atoms with Crippen LogP contribution in [0.15, 0.2) is 77.7 Å². The first-order chi connectivity index (χ1) is 14.8. The highest BCUT2D eigenvalue weighted by Crippen LogP contribution is 2.27. The van der Waals surface area contributed by atoms with Crippen LogP contribution in [0.3, 0.4) is 0 Å². The second-order valence-corrected chi connectivity index (χ2v) is 8.77. The van der Waals surface area contributed by atoms with Crippen LogP contribution in [0.5, 0.6) is 5.75 Å². The molecule has 0 saturated carbocycles. The van der Waals surface area contributed by atoms with E-state index in [2.05, 4.69) is 10.0 Å². The van der Waals surface area contributed by atoms with Gasteiger partial charge in [-0.05, 0) is 54.4 Å². The highest BCUT2D eigenvalue weighted by molar-refractivity contribution is 7.89. The number of sulfonamides is 1. The Labute approximate surface area is 185 Å². The van der Waals surface area contributed by atoms with Crippen molar-refractivity contribution in [3.05, 3.63) is 89.2 Å². The molecule has 1 atom stereocenters. The molecular weight excluding hydrogens is 443 g/mol. The quantitative estimate of drug-likeness (QED) is 0.529. The van der Waals surface area contributed by atoms with E-state index in [4.69, 9.17) is 16.3 Å². The van der Waals surface area contributed by atoms with Gasteiger partial charge in [0.25, 0.3) is 0 Å². The van der Waals surface area contributed by atoms with Crippen molar-refractivity contribution in [1.29, 1.82) is 0 Å². The molecule has 0 aliphatic carbocycles. The maximum Gasteiger partial charge on any atom is 0.245 e. The maximum atomic E-state index is 13.2. The molecular formula is C22H20ClFN2O4S. The minimum atomic E-state index is -4.17. The van der Waals surface area contributed by atoms with Crippen molar-refractivity contribution in [3.8, 4) is 5.75 Å². The number of halogens is 2. The van der Waals surface area contributed by atoms with E-state index in [-0.39, 0.29) is 22.1 Å². The van der Waals surface area contributed by atoms with Crippen molar-refractivity contribution in [2.45, 2.75) is 17.4 Å². The third kappa shape index (κ3) is 6.04. The summed E-state index contributed by atoms with van der Waals surface area (Å²) in [6, 6.07) is 17.2. The molecule has 162 valence electrons. The number of hydrogen-bond donors (Lipinski definition) is 2. The lowest BCUT2D eigenvalue weighted by Gasteiger charge is -2.20. The molecule has 3 rings (SSSR count). The molecule has 31 heavy (non-hydrogen) atoms. The van der Waals surface area contributed by atoms with Crippen molar-refractivity contribution >= 4 is 33.2 Å². The molecule has 0 spiro atoms. The molecule has 3 aromatic rings. The summed E-state index contributed by atoms with van der Waals surface area (Å²) in [5.41, 5.74) is 1.09. The molecule has 0 aromatic heterocycles. The Morgan fingerprint density at radius 1 is 1.06 bits per heavy atom. The lowest BCUT2D eigenvalue weighted by Crippen LogP contribution is -2.45. The first-order valence-electron chi connectivity index (χ1n) is 9.25. The number of carbonyl (C=O) groups is 1. The van der Waals surface area contributed by atoms with Gasteiger partial charge in [0.05, 0.1) is 7.11 Å². The van der Waals surface area contributed by atoms with Crippen molar-refractivity contribution in [2.75, 3.05) is 12.4 Å². The van der Waals surface area contributed by atoms with Crippen molar-refractivity contribution in [1.82, 2.24) is 4.72 Å². The fraction of sp³-hybridized carbons (Fsp3) is 0.136. The molecule has 1 amide bonds. The molecule has 6 nitrogen and oxygen atoms in total. The monoisotopic (exact) mass is 462 g/mol. The Morgan fingerprint density at radius 3 is 2.39 bits per heavy atom. The first kappa shape index (κ1) is 22.7. The lowest BCUT2D eigenvalue weighted by molar-refractivity contribution is -0.117. The Kier molecular flexibility index (Phi) is 7.27. The number of nitrogens with one attached hydrogen (secondary N) is 2. The minimum Gasteiger partial charge on any atom is -0.495 e. The first-order valence-corrected chi connectivity index (χ1v) is 11.1. The SMILES string of the molecule is COc1ccc(Cl)cc1S(=O)(=O)NC(Cc1ccccc1)C(=O)Nc1ccc(F)cc1. The molecule has 1 unspecified atom stereocenters. The number of methoxy groups -OCH3 is 1. The van der Waals surface area contributed by atoms with Gasteiger partial charge in [0.1, 0.15) is 22.5 Å². The lowest BCUT2D eigenvalue weighted by atomic mass is 10.1. The summed E-state index contributed by atoms with van der Waals surface area (Å²) in [5.74, 6) is -0.957. The van der Waals surface area contributed by atoms with Crippen LogP contribution in [-0.4, -0.2) is 27.5 Å². The largest absolute Gasteiger partial charge is 0.495 e. The standard InChI is InChI=1S/C22H20ClFN2O4S/c1-30-20-12-7-16(23)14-21(20)31(28,29)26-19(13-15-5-3-2-4-6-15)22(27)25-18-10-8-17(24)9-11-18/h2-12,14,19,26H,13H2,1H3,(H,25,27). The summed E-state index contributed by atoms with van der Waals surface area (Å²) >= 11 is 5.97. The molecule has 0 aliphatic heterocycles. The second kappa shape index (κ2) is 9.91. The van der Waals surface area contributed by atoms with Crippen LogP contribution in [0.4, 0.5) is 10.1 Å². The number of benzene rings is 3. The third-order valence-corrected chi connectivity index (χ3v) is 6.15. The number of ether oxygens (including phenoxy) is 1. The number of carbonyl (C=O) groups excluding carboxylic acids is 1. The van der Waals surface area contributed by atoms with Gasteiger partial charge in [0.15, 0.2) is 0 Å². The van der Waals surface area contributed by atoms with Crippen molar-refractivity contribution in [3.63, 3.8) is 0 Å². The zero-order chi connectivity index (χ0) is 22.4. The van der Waals surface area contributed by atoms with Gasteiger partial charge in [0.2, 0.25) is 15.9 Å². The molecule has 0 saturated heterocycles. The molecule has 3 aromatic carbocycles. The summed E-state index contributed by atoms with van der Waals surface area (Å²) in [5, 5.41) is 2.82. The van der Waals surface area contributed by atoms with Crippen molar-refractivity contribution in [2.24, 2.45) is 0 Å². The van der Waals surface area contributed by atoms with E-state index in [0.29, 0.717) is 5.69 Å². The third-order valence-electron chi connectivity index (χ3n) is 4.42. The van der Waals surface area contributed by atoms with E-state index in [1.807, 2.05) is 6.07 Å². The zero-order valence-electron chi connectivity index (χ0n) is 16.5. The Morgan fingerprint density at radius 2 is 1.74 bits per heavy atom. The number of amides is 1. The Balaban J connectivity index is 1.91. The van der Waals surface area contributed by atoms with Crippen LogP contribution in [0.1, 0.15) is 5.56 Å². The van der Waals surface area contributed by atoms with Gasteiger partial charge in [-0.15, -0.1) is 0 Å². The van der Waals surface area contributed by atoms with E-state index in [1.165, 1.54) is 49.6 Å². The molecule has 0 fully saturated rings. The summed E-state index contributed by atoms with van der Waals surface area (Å²) in [7, 11) is -2.83. The summed E-state index contributed by atoms with van der Waals surface area (Å²) in [6.45, 7) is 0. The van der Waals surface area contributed by atoms with E-state index < -0.39 is 27.8 Å². The smallest absolute Gasteiger partial charge is 0.245 e. The summed E-state index contributed by atoms with van der Waals surface area (Å²) < 4.78 is 46.9. The Hall–Kier alpha value is -2.94. The van der Waals surface area contributed by atoms with Gasteiger partial charge in [-0.1, -0.05) is 41.9 Å². The minimum absolute atomic E-state index is 0.0919. The molecule has 2 N–H and O–H groups in total. The zero-order valence-corrected chi connectivity index (χ0v) is 18.1. The predicted octanol–water partition coefficient (Wildman–Crippen LogP) is 4.02. The topological polar surface area (TPSA) is 84.5 Å². The van der Waals surface area contributed by atoms with Gasteiger partial charge in [-0.25, -0.2) is 12.8 Å². The fourth-order valence-electron chi connectivity index (χ4n) is 2.91. The Bertz CT molecular complexity index is 1160. The van der Waals surface area contributed by atoms with Crippen LogP contribution in [0.25, 0.3) is 0 Å². The van der Waals surface area contributed by atoms with Gasteiger partial charge < -0.3 is 10.1 Å². The van der Waals surface area contributed by atoms with E-state index in [9.17, 15) is 17.6 Å². The average molecular weight is 463 g/mol. The second-order valence-electron chi connectivity index (χ2n) is 6.65. The normalized spacial score (nSPS) is 12.2. The van der Waals surface area contributed by atoms with Crippen LogP contribution in [0.2, 0.25) is 5.02 Å². The van der Waals surface area contributed by atoms with E-state index >= 15 is 0 Å². The van der Waals surface area contributed by atoms with Crippen molar-refractivity contribution < 1.29 is 22.3 Å². The van der Waals surface area contributed by atoms with Gasteiger partial charge in [0, 0.05) is 10.7 Å². The number of rotatable bonds is 8. The van der Waals surface area contributed by atoms with E-state index in [1.54, 1.807) is 24.3 Å². The molecule has 0 bridgehead atoms. The van der Waals surface area contributed by atoms with E-state index in [0.717, 1.165) is 5.56 Å². The number of hydrogen-bond acceptors (Lipinski definition) is 4. The van der Waals surface area contributed by atoms with Gasteiger partial charge in [-0.2, -0.15) is 4.72 Å². The fourth-order valence-corrected chi connectivity index (χ4v) is 4.54. The predicted molar refractivity (Wildman–Crippen MR) is 117 cm³/mol. The highest BCUT2D eigenvalue weighted by Gasteiger charge is 2.28. The summed E-state index contributed by atoms with van der Waals surface area (Å²) in [4.78, 5) is 12.8. The maximum absolute atomic E-state index is 13.2. The number of anilines is 1. The molecule has 0 aliphatic rings. The van der Waals surface area contributed by atoms with Crippen LogP contribution < -0.4 is 14.8 Å². The average Bonchev–Trinajstić information content (AvgIpc) is 2.75. The van der Waals surface area contributed by atoms with Crippen LogP contribution in [-0.2, 0) is 21.2 Å². The molecule has 0 radical (unpaired) electrons. The molecule has 0 heterocycles.